The average molecular weight is 711 g/mol. The second kappa shape index (κ2) is 18.8. The lowest BCUT2D eigenvalue weighted by Crippen LogP contribution is -2.54. The Hall–Kier alpha value is -4.01. The van der Waals surface area contributed by atoms with E-state index in [1.165, 1.54) is 0 Å². The Morgan fingerprint density at radius 2 is 1.48 bits per heavy atom. The van der Waals surface area contributed by atoms with Crippen LogP contribution in [0.1, 0.15) is 68.1 Å². The molecule has 50 heavy (non-hydrogen) atoms. The molecule has 2 aromatic carbocycles. The highest BCUT2D eigenvalue weighted by molar-refractivity contribution is 7.88. The number of nitrogens with two attached hydrogens (primary N) is 1. The van der Waals surface area contributed by atoms with Gasteiger partial charge in [-0.15, -0.1) is 0 Å². The molecule has 274 valence electrons. The monoisotopic (exact) mass is 710 g/mol. The number of likely N-dealkylation sites (tertiary alicyclic amines) is 1. The molecule has 2 fully saturated rings. The molecule has 2 aliphatic rings. The second-order valence-electron chi connectivity index (χ2n) is 13.8. The highest BCUT2D eigenvalue weighted by Crippen LogP contribution is 2.24. The number of carbonyl (C=O) groups excluding carboxylic acids is 3. The van der Waals surface area contributed by atoms with Crippen molar-refractivity contribution in [2.45, 2.75) is 75.7 Å². The number of nitrogens with one attached hydrogen (secondary N) is 5. The number of sulfonamides is 1. The van der Waals surface area contributed by atoms with Crippen molar-refractivity contribution in [1.82, 2.24) is 30.5 Å². The van der Waals surface area contributed by atoms with Crippen LogP contribution in [0, 0.1) is 17.2 Å². The molecule has 0 radical (unpaired) electrons. The molecule has 0 saturated carbocycles. The molecule has 0 aromatic heterocycles. The van der Waals surface area contributed by atoms with Gasteiger partial charge in [0.2, 0.25) is 21.8 Å². The standard InChI is InChI=1S/C36H54N8O5S/c1-43(2)36(47)44-22-18-27(19-23-44)11-15-32(42-50(48,49)25-29-6-4-3-5-7-29)35(46)41-31(14-10-26-16-20-39-21-17-26)34(45)40-24-28-8-12-30(13-9-28)33(37)38/h3-9,12-13,26-27,31-32,39,42H,10-11,14-25H2,1-2H3,(H3,37,38)(H,40,45)(H,41,46). The lowest BCUT2D eigenvalue weighted by Gasteiger charge is -2.34. The van der Waals surface area contributed by atoms with E-state index in [0.717, 1.165) is 50.8 Å². The number of benzene rings is 2. The summed E-state index contributed by atoms with van der Waals surface area (Å²) < 4.78 is 29.4. The number of urea groups is 1. The molecule has 2 aliphatic heterocycles. The smallest absolute Gasteiger partial charge is 0.319 e. The van der Waals surface area contributed by atoms with Crippen molar-refractivity contribution in [1.29, 1.82) is 5.41 Å². The molecule has 4 amide bonds. The molecular formula is C36H54N8O5S. The van der Waals surface area contributed by atoms with E-state index in [4.69, 9.17) is 11.1 Å². The third-order valence-corrected chi connectivity index (χ3v) is 11.0. The summed E-state index contributed by atoms with van der Waals surface area (Å²) in [5, 5.41) is 16.8. The van der Waals surface area contributed by atoms with E-state index >= 15 is 0 Å². The van der Waals surface area contributed by atoms with Crippen LogP contribution < -0.4 is 26.4 Å². The Kier molecular flexibility index (Phi) is 14.6. The van der Waals surface area contributed by atoms with Crippen LogP contribution in [0.5, 0.6) is 0 Å². The average Bonchev–Trinajstić information content (AvgIpc) is 3.11. The van der Waals surface area contributed by atoms with Gasteiger partial charge in [0.15, 0.2) is 0 Å². The van der Waals surface area contributed by atoms with Crippen molar-refractivity contribution < 1.29 is 22.8 Å². The van der Waals surface area contributed by atoms with Crippen LogP contribution >= 0.6 is 0 Å². The summed E-state index contributed by atoms with van der Waals surface area (Å²) in [6.07, 6.45) is 5.54. The van der Waals surface area contributed by atoms with E-state index in [2.05, 4.69) is 20.7 Å². The largest absolute Gasteiger partial charge is 0.384 e. The van der Waals surface area contributed by atoms with Gasteiger partial charge in [0.1, 0.15) is 17.9 Å². The van der Waals surface area contributed by atoms with Gasteiger partial charge in [0.25, 0.3) is 0 Å². The van der Waals surface area contributed by atoms with Gasteiger partial charge in [-0.25, -0.2) is 17.9 Å². The summed E-state index contributed by atoms with van der Waals surface area (Å²) >= 11 is 0. The minimum atomic E-state index is -3.90. The number of nitrogens with zero attached hydrogens (tertiary/aromatic N) is 2. The van der Waals surface area contributed by atoms with E-state index in [-0.39, 0.29) is 42.4 Å². The van der Waals surface area contributed by atoms with E-state index in [1.54, 1.807) is 67.5 Å². The van der Waals surface area contributed by atoms with Crippen molar-refractivity contribution in [3.05, 3.63) is 71.3 Å². The minimum absolute atomic E-state index is 0.0312. The maximum Gasteiger partial charge on any atom is 0.319 e. The number of piperidine rings is 2. The van der Waals surface area contributed by atoms with Crippen molar-refractivity contribution in [2.24, 2.45) is 17.6 Å². The Labute approximate surface area is 296 Å². The molecule has 7 N–H and O–H groups in total. The van der Waals surface area contributed by atoms with Gasteiger partial charge in [-0.2, -0.15) is 0 Å². The van der Waals surface area contributed by atoms with E-state index in [9.17, 15) is 22.8 Å². The van der Waals surface area contributed by atoms with Gasteiger partial charge in [-0.3, -0.25) is 15.0 Å². The molecule has 2 unspecified atom stereocenters. The van der Waals surface area contributed by atoms with E-state index < -0.39 is 28.0 Å². The zero-order valence-corrected chi connectivity index (χ0v) is 30.1. The highest BCUT2D eigenvalue weighted by atomic mass is 32.2. The zero-order valence-electron chi connectivity index (χ0n) is 29.3. The fourth-order valence-corrected chi connectivity index (χ4v) is 8.00. The Balaban J connectivity index is 1.46. The van der Waals surface area contributed by atoms with Crippen LogP contribution in [0.2, 0.25) is 0 Å². The number of hydrogen-bond acceptors (Lipinski definition) is 7. The van der Waals surface area contributed by atoms with Crippen molar-refractivity contribution in [2.75, 3.05) is 40.3 Å². The topological polar surface area (TPSA) is 190 Å². The van der Waals surface area contributed by atoms with Crippen LogP contribution in [0.3, 0.4) is 0 Å². The van der Waals surface area contributed by atoms with Gasteiger partial charge < -0.3 is 31.5 Å². The summed E-state index contributed by atoms with van der Waals surface area (Å²) in [7, 11) is -0.447. The summed E-state index contributed by atoms with van der Waals surface area (Å²) in [6.45, 7) is 3.26. The number of amides is 4. The molecule has 0 spiro atoms. The predicted octanol–water partition coefficient (Wildman–Crippen LogP) is 2.51. The zero-order chi connectivity index (χ0) is 36.1. The fraction of sp³-hybridized carbons (Fsp3) is 0.556. The Morgan fingerprint density at radius 3 is 2.08 bits per heavy atom. The summed E-state index contributed by atoms with van der Waals surface area (Å²) in [5.41, 5.74) is 7.57. The van der Waals surface area contributed by atoms with Gasteiger partial charge in [0.05, 0.1) is 5.75 Å². The first-order valence-electron chi connectivity index (χ1n) is 17.6. The van der Waals surface area contributed by atoms with E-state index in [1.807, 2.05) is 11.0 Å². The number of nitrogen functional groups attached to an aromatic ring is 1. The molecule has 2 aromatic rings. The van der Waals surface area contributed by atoms with E-state index in [0.29, 0.717) is 43.0 Å². The van der Waals surface area contributed by atoms with Crippen LogP contribution in [0.25, 0.3) is 0 Å². The normalized spacial score (nSPS) is 17.0. The molecule has 13 nitrogen and oxygen atoms in total. The highest BCUT2D eigenvalue weighted by Gasteiger charge is 2.31. The third kappa shape index (κ3) is 12.4. The first-order valence-corrected chi connectivity index (χ1v) is 19.3. The van der Waals surface area contributed by atoms with Gasteiger partial charge >= 0.3 is 6.03 Å². The summed E-state index contributed by atoms with van der Waals surface area (Å²) in [5.74, 6) is -0.536. The molecule has 0 bridgehead atoms. The van der Waals surface area contributed by atoms with Gasteiger partial charge in [-0.05, 0) is 87.4 Å². The molecule has 2 atom stereocenters. The van der Waals surface area contributed by atoms with Crippen molar-refractivity contribution >= 4 is 33.7 Å². The Morgan fingerprint density at radius 1 is 0.880 bits per heavy atom. The fourth-order valence-electron chi connectivity index (χ4n) is 6.62. The van der Waals surface area contributed by atoms with Crippen molar-refractivity contribution in [3.63, 3.8) is 0 Å². The van der Waals surface area contributed by atoms with Crippen LogP contribution in [-0.4, -0.2) is 94.3 Å². The van der Waals surface area contributed by atoms with Crippen LogP contribution in [0.4, 0.5) is 4.79 Å². The molecule has 14 heteroatoms. The van der Waals surface area contributed by atoms with Gasteiger partial charge in [-0.1, -0.05) is 54.6 Å². The van der Waals surface area contributed by atoms with Crippen LogP contribution in [-0.2, 0) is 31.9 Å². The number of hydrogen-bond donors (Lipinski definition) is 6. The second-order valence-corrected chi connectivity index (χ2v) is 15.5. The van der Waals surface area contributed by atoms with Gasteiger partial charge in [0, 0.05) is 39.3 Å². The summed E-state index contributed by atoms with van der Waals surface area (Å²) in [4.78, 5) is 43.4. The van der Waals surface area contributed by atoms with Crippen LogP contribution in [0.15, 0.2) is 54.6 Å². The number of amidine groups is 1. The molecule has 0 aliphatic carbocycles. The number of carbonyl (C=O) groups is 3. The predicted molar refractivity (Wildman–Crippen MR) is 195 cm³/mol. The maximum atomic E-state index is 14.0. The first kappa shape index (κ1) is 38.8. The molecular weight excluding hydrogens is 657 g/mol. The summed E-state index contributed by atoms with van der Waals surface area (Å²) in [6, 6.07) is 13.9. The first-order chi connectivity index (χ1) is 23.9. The van der Waals surface area contributed by atoms with Crippen molar-refractivity contribution in [3.8, 4) is 0 Å². The lowest BCUT2D eigenvalue weighted by molar-refractivity contribution is -0.130. The SMILES string of the molecule is CN(C)C(=O)N1CCC(CCC(NS(=O)(=O)Cc2ccccc2)C(=O)NC(CCC2CCNCC2)C(=O)NCc2ccc(C(=N)N)cc2)CC1. The third-order valence-electron chi connectivity index (χ3n) is 9.66. The molecule has 2 heterocycles. The molecule has 2 saturated heterocycles. The maximum absolute atomic E-state index is 14.0. The number of rotatable bonds is 16. The minimum Gasteiger partial charge on any atom is -0.384 e. The quantitative estimate of drug-likeness (QED) is 0.114. The Bertz CT molecular complexity index is 1520. The lowest BCUT2D eigenvalue weighted by atomic mass is 9.90. The molecule has 4 rings (SSSR count).